The van der Waals surface area contributed by atoms with E-state index in [1.54, 1.807) is 31.2 Å². The average molecular weight is 376 g/mol. The van der Waals surface area contributed by atoms with Crippen LogP contribution in [-0.4, -0.2) is 33.2 Å². The van der Waals surface area contributed by atoms with Crippen molar-refractivity contribution >= 4 is 21.6 Å². The van der Waals surface area contributed by atoms with Crippen LogP contribution in [-0.2, 0) is 16.4 Å². The van der Waals surface area contributed by atoms with Crippen molar-refractivity contribution in [1.82, 2.24) is 5.32 Å². The fraction of sp³-hybridized carbons (Fsp3) is 0.316. The number of nitrogens with one attached hydrogen (secondary N) is 2. The first kappa shape index (κ1) is 19.8. The summed E-state index contributed by atoms with van der Waals surface area (Å²) >= 11 is 0. The van der Waals surface area contributed by atoms with Crippen LogP contribution in [0.3, 0.4) is 0 Å². The van der Waals surface area contributed by atoms with Gasteiger partial charge in [-0.25, -0.2) is 8.42 Å². The normalized spacial score (nSPS) is 11.0. The second-order valence-electron chi connectivity index (χ2n) is 5.68. The topological polar surface area (TPSA) is 84.5 Å². The molecular formula is C19H24N2O4S. The minimum atomic E-state index is -3.32. The zero-order valence-electron chi connectivity index (χ0n) is 15.0. The van der Waals surface area contributed by atoms with Crippen molar-refractivity contribution in [3.8, 4) is 5.75 Å². The minimum absolute atomic E-state index is 0.00356. The number of rotatable bonds is 9. The molecule has 0 bridgehead atoms. The quantitative estimate of drug-likeness (QED) is 0.659. The van der Waals surface area contributed by atoms with Gasteiger partial charge in [-0.3, -0.25) is 9.52 Å². The molecule has 26 heavy (non-hydrogen) atoms. The van der Waals surface area contributed by atoms with Crippen molar-refractivity contribution in [1.29, 1.82) is 0 Å². The molecule has 6 nitrogen and oxygen atoms in total. The highest BCUT2D eigenvalue weighted by Gasteiger charge is 2.08. The molecule has 2 aromatic carbocycles. The van der Waals surface area contributed by atoms with Gasteiger partial charge in [0.15, 0.2) is 0 Å². The number of hydrogen-bond acceptors (Lipinski definition) is 4. The van der Waals surface area contributed by atoms with E-state index >= 15 is 0 Å². The largest absolute Gasteiger partial charge is 0.492 e. The van der Waals surface area contributed by atoms with Crippen molar-refractivity contribution in [3.63, 3.8) is 0 Å². The summed E-state index contributed by atoms with van der Waals surface area (Å²) in [4.78, 5) is 12.1. The molecule has 140 valence electrons. The summed E-state index contributed by atoms with van der Waals surface area (Å²) in [6, 6.07) is 14.1. The number of amides is 1. The Labute approximate surface area is 154 Å². The first-order valence-corrected chi connectivity index (χ1v) is 10.2. The fourth-order valence-electron chi connectivity index (χ4n) is 2.20. The Kier molecular flexibility index (Phi) is 7.03. The maximum atomic E-state index is 12.1. The van der Waals surface area contributed by atoms with Gasteiger partial charge in [-0.1, -0.05) is 19.1 Å². The molecule has 2 rings (SSSR count). The highest BCUT2D eigenvalue weighted by atomic mass is 32.2. The molecule has 0 heterocycles. The van der Waals surface area contributed by atoms with E-state index in [-0.39, 0.29) is 11.7 Å². The molecule has 7 heteroatoms. The molecular weight excluding hydrogens is 352 g/mol. The second-order valence-corrected chi connectivity index (χ2v) is 7.70. The SMILES string of the molecule is CCc1ccc(OCCNC(=O)c2ccc(NS(=O)(=O)CC)cc2)cc1. The van der Waals surface area contributed by atoms with Gasteiger partial charge in [0, 0.05) is 11.3 Å². The van der Waals surface area contributed by atoms with Crippen LogP contribution >= 0.6 is 0 Å². The highest BCUT2D eigenvalue weighted by Crippen LogP contribution is 2.13. The number of ether oxygens (including phenoxy) is 1. The predicted octanol–water partition coefficient (Wildman–Crippen LogP) is 2.82. The molecule has 0 atom stereocenters. The van der Waals surface area contributed by atoms with Crippen LogP contribution in [0.1, 0.15) is 29.8 Å². The van der Waals surface area contributed by atoms with Gasteiger partial charge in [-0.05, 0) is 55.3 Å². The molecule has 0 saturated heterocycles. The van der Waals surface area contributed by atoms with E-state index in [1.165, 1.54) is 5.56 Å². The molecule has 0 aliphatic carbocycles. The van der Waals surface area contributed by atoms with Crippen LogP contribution in [0, 0.1) is 0 Å². The van der Waals surface area contributed by atoms with E-state index in [0.717, 1.165) is 12.2 Å². The van der Waals surface area contributed by atoms with Crippen molar-refractivity contribution in [2.24, 2.45) is 0 Å². The van der Waals surface area contributed by atoms with Gasteiger partial charge in [-0.15, -0.1) is 0 Å². The number of sulfonamides is 1. The maximum absolute atomic E-state index is 12.1. The lowest BCUT2D eigenvalue weighted by Gasteiger charge is -2.09. The molecule has 0 aliphatic heterocycles. The number of anilines is 1. The number of carbonyl (C=O) groups excluding carboxylic acids is 1. The van der Waals surface area contributed by atoms with E-state index in [9.17, 15) is 13.2 Å². The van der Waals surface area contributed by atoms with Crippen molar-refractivity contribution in [3.05, 3.63) is 59.7 Å². The van der Waals surface area contributed by atoms with Crippen LogP contribution in [0.2, 0.25) is 0 Å². The van der Waals surface area contributed by atoms with Crippen molar-refractivity contribution in [2.75, 3.05) is 23.6 Å². The summed E-state index contributed by atoms with van der Waals surface area (Å²) in [6.45, 7) is 4.39. The molecule has 0 unspecified atom stereocenters. The smallest absolute Gasteiger partial charge is 0.251 e. The Morgan fingerprint density at radius 3 is 2.23 bits per heavy atom. The highest BCUT2D eigenvalue weighted by molar-refractivity contribution is 7.92. The van der Waals surface area contributed by atoms with Gasteiger partial charge in [-0.2, -0.15) is 0 Å². The molecule has 0 spiro atoms. The molecule has 0 radical (unpaired) electrons. The van der Waals surface area contributed by atoms with E-state index < -0.39 is 10.0 Å². The third-order valence-electron chi connectivity index (χ3n) is 3.79. The summed E-state index contributed by atoms with van der Waals surface area (Å²) in [5.74, 6) is 0.528. The van der Waals surface area contributed by atoms with Crippen LogP contribution in [0.25, 0.3) is 0 Å². The first-order valence-electron chi connectivity index (χ1n) is 8.54. The Morgan fingerprint density at radius 1 is 1.00 bits per heavy atom. The zero-order chi connectivity index (χ0) is 19.0. The summed E-state index contributed by atoms with van der Waals surface area (Å²) in [6.07, 6.45) is 0.981. The van der Waals surface area contributed by atoms with Crippen LogP contribution in [0.5, 0.6) is 5.75 Å². The third kappa shape index (κ3) is 6.07. The Balaban J connectivity index is 1.78. The molecule has 2 aromatic rings. The summed E-state index contributed by atoms with van der Waals surface area (Å²) < 4.78 is 31.0. The monoisotopic (exact) mass is 376 g/mol. The number of benzene rings is 2. The Hall–Kier alpha value is -2.54. The van der Waals surface area contributed by atoms with Crippen molar-refractivity contribution in [2.45, 2.75) is 20.3 Å². The molecule has 0 fully saturated rings. The van der Waals surface area contributed by atoms with Crippen LogP contribution < -0.4 is 14.8 Å². The molecule has 0 saturated carbocycles. The van der Waals surface area contributed by atoms with Gasteiger partial charge >= 0.3 is 0 Å². The van der Waals surface area contributed by atoms with Gasteiger partial charge in [0.05, 0.1) is 12.3 Å². The number of hydrogen-bond donors (Lipinski definition) is 2. The standard InChI is InChI=1S/C19H24N2O4S/c1-3-15-5-11-18(12-6-15)25-14-13-20-19(22)16-7-9-17(10-8-16)21-26(23,24)4-2/h5-12,21H,3-4,13-14H2,1-2H3,(H,20,22). The number of carbonyl (C=O) groups is 1. The summed E-state index contributed by atoms with van der Waals surface area (Å²) in [7, 11) is -3.32. The van der Waals surface area contributed by atoms with E-state index in [4.69, 9.17) is 4.74 Å². The lowest BCUT2D eigenvalue weighted by molar-refractivity contribution is 0.0947. The lowest BCUT2D eigenvalue weighted by atomic mass is 10.2. The minimum Gasteiger partial charge on any atom is -0.492 e. The van der Waals surface area contributed by atoms with Gasteiger partial charge in [0.2, 0.25) is 10.0 Å². The Bertz CT molecular complexity index is 816. The van der Waals surface area contributed by atoms with E-state index in [0.29, 0.717) is 24.4 Å². The molecule has 0 aliphatic rings. The molecule has 0 aromatic heterocycles. The first-order chi connectivity index (χ1) is 12.4. The second kappa shape index (κ2) is 9.24. The van der Waals surface area contributed by atoms with Gasteiger partial charge in [0.1, 0.15) is 12.4 Å². The van der Waals surface area contributed by atoms with Gasteiger partial charge in [0.25, 0.3) is 5.91 Å². The lowest BCUT2D eigenvalue weighted by Crippen LogP contribution is -2.28. The third-order valence-corrected chi connectivity index (χ3v) is 5.10. The van der Waals surface area contributed by atoms with E-state index in [2.05, 4.69) is 17.0 Å². The Morgan fingerprint density at radius 2 is 1.65 bits per heavy atom. The maximum Gasteiger partial charge on any atom is 0.251 e. The molecule has 1 amide bonds. The van der Waals surface area contributed by atoms with Crippen LogP contribution in [0.15, 0.2) is 48.5 Å². The fourth-order valence-corrected chi connectivity index (χ4v) is 2.84. The zero-order valence-corrected chi connectivity index (χ0v) is 15.8. The van der Waals surface area contributed by atoms with E-state index in [1.807, 2.05) is 24.3 Å². The number of aryl methyl sites for hydroxylation is 1. The van der Waals surface area contributed by atoms with Gasteiger partial charge < -0.3 is 10.1 Å². The summed E-state index contributed by atoms with van der Waals surface area (Å²) in [5.41, 5.74) is 2.13. The molecule has 2 N–H and O–H groups in total. The average Bonchev–Trinajstić information content (AvgIpc) is 2.66. The summed E-state index contributed by atoms with van der Waals surface area (Å²) in [5, 5.41) is 2.77. The predicted molar refractivity (Wildman–Crippen MR) is 103 cm³/mol. The van der Waals surface area contributed by atoms with Crippen LogP contribution in [0.4, 0.5) is 5.69 Å². The van der Waals surface area contributed by atoms with Crippen molar-refractivity contribution < 1.29 is 17.9 Å².